The molecule has 0 radical (unpaired) electrons. The molecule has 0 saturated heterocycles. The minimum absolute atomic E-state index is 0.0928. The number of Topliss-reactive ketones (excluding diaryl/α,β-unsaturated/α-hetero) is 1. The zero-order valence-electron chi connectivity index (χ0n) is 8.56. The first-order valence-corrected chi connectivity index (χ1v) is 4.79. The molecule has 0 saturated carbocycles. The van der Waals surface area contributed by atoms with Gasteiger partial charge in [0.15, 0.2) is 5.78 Å². The summed E-state index contributed by atoms with van der Waals surface area (Å²) >= 11 is 0. The molecule has 0 aromatic heterocycles. The minimum atomic E-state index is -4.33. The van der Waals surface area contributed by atoms with Gasteiger partial charge in [-0.25, -0.2) is 0 Å². The van der Waals surface area contributed by atoms with Crippen molar-refractivity contribution in [1.29, 1.82) is 0 Å². The van der Waals surface area contributed by atoms with Crippen LogP contribution in [0.1, 0.15) is 23.6 Å². The Morgan fingerprint density at radius 2 is 2.00 bits per heavy atom. The second-order valence-electron chi connectivity index (χ2n) is 3.81. The van der Waals surface area contributed by atoms with Crippen LogP contribution in [0.25, 0.3) is 6.08 Å². The van der Waals surface area contributed by atoms with Crippen LogP contribution in [0.4, 0.5) is 13.2 Å². The van der Waals surface area contributed by atoms with E-state index >= 15 is 0 Å². The van der Waals surface area contributed by atoms with E-state index in [0.29, 0.717) is 17.6 Å². The van der Waals surface area contributed by atoms with Crippen molar-refractivity contribution in [2.45, 2.75) is 19.5 Å². The molecule has 2 rings (SSSR count). The molecular formula is C12H9F3O. The van der Waals surface area contributed by atoms with Crippen molar-refractivity contribution in [2.24, 2.45) is 0 Å². The minimum Gasteiger partial charge on any atom is -0.295 e. The fraction of sp³-hybridized carbons (Fsp3) is 0.250. The Hall–Kier alpha value is -1.58. The zero-order valence-corrected chi connectivity index (χ0v) is 8.56. The molecule has 16 heavy (non-hydrogen) atoms. The number of benzene rings is 1. The van der Waals surface area contributed by atoms with E-state index in [4.69, 9.17) is 0 Å². The quantitative estimate of drug-likeness (QED) is 0.718. The average Bonchev–Trinajstić information content (AvgIpc) is 2.58. The zero-order chi connectivity index (χ0) is 11.9. The number of fused-ring (bicyclic) bond motifs is 1. The maximum absolute atomic E-state index is 12.4. The van der Waals surface area contributed by atoms with E-state index < -0.39 is 11.7 Å². The molecule has 4 heteroatoms. The third-order valence-corrected chi connectivity index (χ3v) is 2.64. The van der Waals surface area contributed by atoms with E-state index in [0.717, 1.165) is 17.7 Å². The molecule has 1 aliphatic rings. The Morgan fingerprint density at radius 3 is 2.56 bits per heavy atom. The number of rotatable bonds is 1. The van der Waals surface area contributed by atoms with Gasteiger partial charge in [0.25, 0.3) is 0 Å². The van der Waals surface area contributed by atoms with E-state index in [2.05, 4.69) is 0 Å². The number of hydrogen-bond acceptors (Lipinski definition) is 1. The summed E-state index contributed by atoms with van der Waals surface area (Å²) in [6.07, 6.45) is -2.36. The molecule has 1 nitrogen and oxygen atoms in total. The van der Waals surface area contributed by atoms with Gasteiger partial charge in [0.05, 0.1) is 5.56 Å². The number of carbonyl (C=O) groups is 1. The summed E-state index contributed by atoms with van der Waals surface area (Å²) in [4.78, 5) is 11.1. The van der Waals surface area contributed by atoms with Gasteiger partial charge >= 0.3 is 6.18 Å². The monoisotopic (exact) mass is 226 g/mol. The number of halogens is 3. The van der Waals surface area contributed by atoms with Crippen molar-refractivity contribution in [3.63, 3.8) is 0 Å². The van der Waals surface area contributed by atoms with Gasteiger partial charge in [-0.2, -0.15) is 13.2 Å². The van der Waals surface area contributed by atoms with E-state index in [1.54, 1.807) is 0 Å². The van der Waals surface area contributed by atoms with Crippen LogP contribution in [-0.2, 0) is 17.4 Å². The summed E-state index contributed by atoms with van der Waals surface area (Å²) in [7, 11) is 0. The SMILES string of the molecule is CC(=O)C1=Cc2cc(C(F)(F)F)ccc2C1. The number of hydrogen-bond donors (Lipinski definition) is 0. The lowest BCUT2D eigenvalue weighted by molar-refractivity contribution is -0.137. The highest BCUT2D eigenvalue weighted by atomic mass is 19.4. The predicted octanol–water partition coefficient (Wildman–Crippen LogP) is 3.23. The number of ketones is 1. The van der Waals surface area contributed by atoms with Crippen LogP contribution in [0.15, 0.2) is 23.8 Å². The van der Waals surface area contributed by atoms with Gasteiger partial charge in [-0.15, -0.1) is 0 Å². The Balaban J connectivity index is 2.42. The largest absolute Gasteiger partial charge is 0.416 e. The first kappa shape index (κ1) is 10.9. The summed E-state index contributed by atoms with van der Waals surface area (Å²) in [6, 6.07) is 3.58. The second-order valence-corrected chi connectivity index (χ2v) is 3.81. The first-order valence-electron chi connectivity index (χ1n) is 4.79. The summed E-state index contributed by atoms with van der Waals surface area (Å²) in [5.74, 6) is -0.0928. The third-order valence-electron chi connectivity index (χ3n) is 2.64. The van der Waals surface area contributed by atoms with Crippen molar-refractivity contribution < 1.29 is 18.0 Å². The van der Waals surface area contributed by atoms with Gasteiger partial charge < -0.3 is 0 Å². The van der Waals surface area contributed by atoms with Crippen LogP contribution < -0.4 is 0 Å². The Bertz CT molecular complexity index is 484. The van der Waals surface area contributed by atoms with Gasteiger partial charge in [0, 0.05) is 6.42 Å². The second kappa shape index (κ2) is 3.47. The molecule has 0 amide bonds. The average molecular weight is 226 g/mol. The maximum atomic E-state index is 12.4. The first-order chi connectivity index (χ1) is 7.38. The smallest absolute Gasteiger partial charge is 0.295 e. The number of allylic oxidation sites excluding steroid dienone is 1. The Labute approximate surface area is 90.6 Å². The van der Waals surface area contributed by atoms with Gasteiger partial charge in [-0.05, 0) is 41.8 Å². The summed E-state index contributed by atoms with van der Waals surface area (Å²) in [5, 5.41) is 0. The highest BCUT2D eigenvalue weighted by molar-refractivity contribution is 6.00. The molecule has 0 fully saturated rings. The van der Waals surface area contributed by atoms with Crippen LogP contribution in [0, 0.1) is 0 Å². The van der Waals surface area contributed by atoms with Crippen molar-refractivity contribution in [1.82, 2.24) is 0 Å². The van der Waals surface area contributed by atoms with Crippen LogP contribution in [0.2, 0.25) is 0 Å². The normalized spacial score (nSPS) is 14.6. The molecule has 0 heterocycles. The van der Waals surface area contributed by atoms with Crippen molar-refractivity contribution in [2.75, 3.05) is 0 Å². The van der Waals surface area contributed by atoms with Gasteiger partial charge in [-0.1, -0.05) is 6.07 Å². The molecule has 0 unspecified atom stereocenters. The van der Waals surface area contributed by atoms with Crippen molar-refractivity contribution in [3.8, 4) is 0 Å². The van der Waals surface area contributed by atoms with Gasteiger partial charge in [0.1, 0.15) is 0 Å². The highest BCUT2D eigenvalue weighted by Gasteiger charge is 2.31. The van der Waals surface area contributed by atoms with Crippen LogP contribution in [0.3, 0.4) is 0 Å². The fourth-order valence-corrected chi connectivity index (χ4v) is 1.74. The molecule has 0 aliphatic heterocycles. The topological polar surface area (TPSA) is 17.1 Å². The van der Waals surface area contributed by atoms with Gasteiger partial charge in [-0.3, -0.25) is 4.79 Å². The predicted molar refractivity (Wildman–Crippen MR) is 53.8 cm³/mol. The molecule has 84 valence electrons. The lowest BCUT2D eigenvalue weighted by Crippen LogP contribution is -2.05. The highest BCUT2D eigenvalue weighted by Crippen LogP contribution is 2.33. The molecule has 1 aromatic rings. The van der Waals surface area contributed by atoms with Crippen molar-refractivity contribution in [3.05, 3.63) is 40.5 Å². The number of alkyl halides is 3. The third kappa shape index (κ3) is 1.87. The standard InChI is InChI=1S/C12H9F3O/c1-7(16)9-4-8-2-3-11(12(13,14)15)6-10(8)5-9/h2-3,5-6H,4H2,1H3. The lowest BCUT2D eigenvalue weighted by atomic mass is 10.1. The van der Waals surface area contributed by atoms with Crippen LogP contribution in [-0.4, -0.2) is 5.78 Å². The van der Waals surface area contributed by atoms with E-state index in [1.165, 1.54) is 19.1 Å². The van der Waals surface area contributed by atoms with Crippen molar-refractivity contribution >= 4 is 11.9 Å². The molecule has 0 N–H and O–H groups in total. The van der Waals surface area contributed by atoms with E-state index in [-0.39, 0.29) is 5.78 Å². The molecule has 1 aromatic carbocycles. The van der Waals surface area contributed by atoms with E-state index in [9.17, 15) is 18.0 Å². The van der Waals surface area contributed by atoms with Gasteiger partial charge in [0.2, 0.25) is 0 Å². The molecule has 0 atom stereocenters. The lowest BCUT2D eigenvalue weighted by Gasteiger charge is -2.07. The summed E-state index contributed by atoms with van der Waals surface area (Å²) in [6.45, 7) is 1.42. The maximum Gasteiger partial charge on any atom is 0.416 e. The molecule has 1 aliphatic carbocycles. The molecule has 0 bridgehead atoms. The van der Waals surface area contributed by atoms with E-state index in [1.807, 2.05) is 0 Å². The Morgan fingerprint density at radius 1 is 1.31 bits per heavy atom. The van der Waals surface area contributed by atoms with Crippen LogP contribution in [0.5, 0.6) is 0 Å². The fourth-order valence-electron chi connectivity index (χ4n) is 1.74. The summed E-state index contributed by atoms with van der Waals surface area (Å²) < 4.78 is 37.3. The Kier molecular flexibility index (Phi) is 2.37. The summed E-state index contributed by atoms with van der Waals surface area (Å²) in [5.41, 5.74) is 1.17. The number of carbonyl (C=O) groups excluding carboxylic acids is 1. The molecule has 0 spiro atoms. The van der Waals surface area contributed by atoms with Crippen LogP contribution >= 0.6 is 0 Å². The molecular weight excluding hydrogens is 217 g/mol.